The molecule has 0 bridgehead atoms. The van der Waals surface area contributed by atoms with Crippen LogP contribution in [0.5, 0.6) is 0 Å². The van der Waals surface area contributed by atoms with Gasteiger partial charge >= 0.3 is 0 Å². The second kappa shape index (κ2) is 7.37. The Morgan fingerprint density at radius 3 is 2.78 bits per heavy atom. The molecule has 6 nitrogen and oxygen atoms in total. The Morgan fingerprint density at radius 2 is 2.17 bits per heavy atom. The molecule has 0 saturated carbocycles. The van der Waals surface area contributed by atoms with Crippen molar-refractivity contribution in [2.24, 2.45) is 5.92 Å². The molecule has 1 aliphatic rings. The van der Waals surface area contributed by atoms with Crippen molar-refractivity contribution < 1.29 is 17.6 Å². The molecule has 8 heteroatoms. The van der Waals surface area contributed by atoms with Crippen LogP contribution in [0.25, 0.3) is 0 Å². The van der Waals surface area contributed by atoms with Gasteiger partial charge in [0.2, 0.25) is 15.9 Å². The van der Waals surface area contributed by atoms with E-state index in [9.17, 15) is 17.6 Å². The number of rotatable bonds is 6. The van der Waals surface area contributed by atoms with E-state index in [1.165, 1.54) is 19.1 Å². The lowest BCUT2D eigenvalue weighted by atomic mass is 10.1. The van der Waals surface area contributed by atoms with Gasteiger partial charge in [-0.25, -0.2) is 17.5 Å². The highest BCUT2D eigenvalue weighted by atomic mass is 32.2. The standard InChI is InChI=1S/C15H22FN3O3S/c1-11-7-13(3-4-14(11)16)23(21,22)18-9-15(20)17-8-12-5-6-19(2)10-12/h3-4,7,12,18H,5-6,8-10H2,1-2H3,(H,17,20). The second-order valence-corrected chi connectivity index (χ2v) is 7.72. The van der Waals surface area contributed by atoms with Gasteiger partial charge in [-0.3, -0.25) is 4.79 Å². The van der Waals surface area contributed by atoms with E-state index in [0.29, 0.717) is 12.5 Å². The van der Waals surface area contributed by atoms with E-state index in [2.05, 4.69) is 14.9 Å². The Balaban J connectivity index is 1.83. The summed E-state index contributed by atoms with van der Waals surface area (Å²) in [7, 11) is -1.80. The summed E-state index contributed by atoms with van der Waals surface area (Å²) in [6.45, 7) is 3.64. The smallest absolute Gasteiger partial charge is 0.241 e. The van der Waals surface area contributed by atoms with Crippen molar-refractivity contribution in [2.75, 3.05) is 33.2 Å². The van der Waals surface area contributed by atoms with Crippen molar-refractivity contribution in [3.8, 4) is 0 Å². The molecule has 0 radical (unpaired) electrons. The first-order valence-corrected chi connectivity index (χ1v) is 8.97. The average Bonchev–Trinajstić information content (AvgIpc) is 2.91. The van der Waals surface area contributed by atoms with E-state index in [1.807, 2.05) is 7.05 Å². The molecule has 23 heavy (non-hydrogen) atoms. The summed E-state index contributed by atoms with van der Waals surface area (Å²) < 4.78 is 39.6. The molecule has 2 N–H and O–H groups in total. The van der Waals surface area contributed by atoms with Crippen LogP contribution < -0.4 is 10.0 Å². The topological polar surface area (TPSA) is 78.5 Å². The number of hydrogen-bond acceptors (Lipinski definition) is 4. The number of amides is 1. The zero-order chi connectivity index (χ0) is 17.0. The number of likely N-dealkylation sites (tertiary alicyclic amines) is 1. The maximum Gasteiger partial charge on any atom is 0.241 e. The fourth-order valence-electron chi connectivity index (χ4n) is 2.54. The first-order chi connectivity index (χ1) is 10.8. The summed E-state index contributed by atoms with van der Waals surface area (Å²) in [5.41, 5.74) is 0.239. The Morgan fingerprint density at radius 1 is 1.43 bits per heavy atom. The molecule has 1 amide bonds. The molecule has 0 aromatic heterocycles. The molecular weight excluding hydrogens is 321 g/mol. The zero-order valence-electron chi connectivity index (χ0n) is 13.3. The summed E-state index contributed by atoms with van der Waals surface area (Å²) in [4.78, 5) is 13.9. The van der Waals surface area contributed by atoms with Crippen molar-refractivity contribution in [2.45, 2.75) is 18.2 Å². The number of sulfonamides is 1. The predicted molar refractivity (Wildman–Crippen MR) is 84.9 cm³/mol. The lowest BCUT2D eigenvalue weighted by Crippen LogP contribution is -2.39. The fourth-order valence-corrected chi connectivity index (χ4v) is 3.61. The van der Waals surface area contributed by atoms with Crippen LogP contribution in [-0.2, 0) is 14.8 Å². The monoisotopic (exact) mass is 343 g/mol. The van der Waals surface area contributed by atoms with E-state index in [0.717, 1.165) is 25.6 Å². The van der Waals surface area contributed by atoms with Gasteiger partial charge in [0.05, 0.1) is 11.4 Å². The van der Waals surface area contributed by atoms with Gasteiger partial charge < -0.3 is 10.2 Å². The van der Waals surface area contributed by atoms with Crippen molar-refractivity contribution in [1.82, 2.24) is 14.9 Å². The van der Waals surface area contributed by atoms with E-state index in [-0.39, 0.29) is 22.9 Å². The van der Waals surface area contributed by atoms with Gasteiger partial charge in [0.1, 0.15) is 5.82 Å². The molecule has 1 heterocycles. The maximum absolute atomic E-state index is 13.2. The average molecular weight is 343 g/mol. The molecule has 1 unspecified atom stereocenters. The van der Waals surface area contributed by atoms with Gasteiger partial charge in [0.25, 0.3) is 0 Å². The van der Waals surface area contributed by atoms with Crippen LogP contribution in [0.3, 0.4) is 0 Å². The largest absolute Gasteiger partial charge is 0.355 e. The number of nitrogens with zero attached hydrogens (tertiary/aromatic N) is 1. The van der Waals surface area contributed by atoms with E-state index >= 15 is 0 Å². The number of nitrogens with one attached hydrogen (secondary N) is 2. The van der Waals surface area contributed by atoms with Gasteiger partial charge in [-0.05, 0) is 56.6 Å². The molecule has 0 spiro atoms. The van der Waals surface area contributed by atoms with Gasteiger partial charge in [0.15, 0.2) is 0 Å². The van der Waals surface area contributed by atoms with Gasteiger partial charge in [-0.2, -0.15) is 0 Å². The number of aryl methyl sites for hydroxylation is 1. The summed E-state index contributed by atoms with van der Waals surface area (Å²) in [6, 6.07) is 3.52. The maximum atomic E-state index is 13.2. The molecule has 0 aliphatic carbocycles. The van der Waals surface area contributed by atoms with E-state index < -0.39 is 15.8 Å². The highest BCUT2D eigenvalue weighted by Gasteiger charge is 2.20. The van der Waals surface area contributed by atoms with Crippen LogP contribution in [0.2, 0.25) is 0 Å². The Labute approximate surface area is 136 Å². The zero-order valence-corrected chi connectivity index (χ0v) is 14.1. The van der Waals surface area contributed by atoms with Crippen LogP contribution >= 0.6 is 0 Å². The van der Waals surface area contributed by atoms with Crippen molar-refractivity contribution in [1.29, 1.82) is 0 Å². The third-order valence-corrected chi connectivity index (χ3v) is 5.34. The first-order valence-electron chi connectivity index (χ1n) is 7.49. The first kappa shape index (κ1) is 17.8. The van der Waals surface area contributed by atoms with Crippen molar-refractivity contribution in [3.05, 3.63) is 29.6 Å². The summed E-state index contributed by atoms with van der Waals surface area (Å²) in [5, 5.41) is 2.74. The van der Waals surface area contributed by atoms with Crippen LogP contribution in [0.1, 0.15) is 12.0 Å². The van der Waals surface area contributed by atoms with Crippen LogP contribution in [-0.4, -0.2) is 52.5 Å². The molecule has 1 fully saturated rings. The number of carbonyl (C=O) groups excluding carboxylic acids is 1. The van der Waals surface area contributed by atoms with Gasteiger partial charge in [0, 0.05) is 13.1 Å². The Kier molecular flexibility index (Phi) is 5.72. The summed E-state index contributed by atoms with van der Waals surface area (Å²) in [5.74, 6) is -0.439. The van der Waals surface area contributed by atoms with Crippen LogP contribution in [0, 0.1) is 18.7 Å². The van der Waals surface area contributed by atoms with Crippen LogP contribution in [0.4, 0.5) is 4.39 Å². The number of hydrogen-bond donors (Lipinski definition) is 2. The van der Waals surface area contributed by atoms with Crippen molar-refractivity contribution >= 4 is 15.9 Å². The Hall–Kier alpha value is -1.51. The van der Waals surface area contributed by atoms with E-state index in [1.54, 1.807) is 0 Å². The fraction of sp³-hybridized carbons (Fsp3) is 0.533. The molecule has 1 saturated heterocycles. The molecule has 1 aliphatic heterocycles. The molecule has 1 aromatic carbocycles. The SMILES string of the molecule is Cc1cc(S(=O)(=O)NCC(=O)NCC2CCN(C)C2)ccc1F. The molecule has 128 valence electrons. The molecular formula is C15H22FN3O3S. The van der Waals surface area contributed by atoms with Crippen molar-refractivity contribution in [3.63, 3.8) is 0 Å². The molecule has 2 rings (SSSR count). The minimum atomic E-state index is -3.83. The lowest BCUT2D eigenvalue weighted by Gasteiger charge is -2.12. The van der Waals surface area contributed by atoms with E-state index in [4.69, 9.17) is 0 Å². The number of halogens is 1. The lowest BCUT2D eigenvalue weighted by molar-refractivity contribution is -0.120. The highest BCUT2D eigenvalue weighted by molar-refractivity contribution is 7.89. The number of carbonyl (C=O) groups is 1. The Bertz CT molecular complexity index is 679. The summed E-state index contributed by atoms with van der Waals surface area (Å²) in [6.07, 6.45) is 1.03. The highest BCUT2D eigenvalue weighted by Crippen LogP contribution is 2.14. The summed E-state index contributed by atoms with van der Waals surface area (Å²) >= 11 is 0. The quantitative estimate of drug-likeness (QED) is 0.788. The minimum Gasteiger partial charge on any atom is -0.355 e. The normalized spacial score (nSPS) is 19.0. The third kappa shape index (κ3) is 4.98. The van der Waals surface area contributed by atoms with Gasteiger partial charge in [-0.15, -0.1) is 0 Å². The van der Waals surface area contributed by atoms with Crippen LogP contribution in [0.15, 0.2) is 23.1 Å². The third-order valence-electron chi connectivity index (χ3n) is 3.94. The molecule has 1 atom stereocenters. The predicted octanol–water partition coefficient (Wildman–Crippen LogP) is 0.480. The minimum absolute atomic E-state index is 0.0541. The van der Waals surface area contributed by atoms with Gasteiger partial charge in [-0.1, -0.05) is 0 Å². The molecule has 1 aromatic rings. The second-order valence-electron chi connectivity index (χ2n) is 5.96. The number of benzene rings is 1.